The minimum absolute atomic E-state index is 0.114. The second-order valence-electron chi connectivity index (χ2n) is 11.6. The molecule has 0 spiro atoms. The van der Waals surface area contributed by atoms with Gasteiger partial charge in [-0.15, -0.1) is 0 Å². The van der Waals surface area contributed by atoms with Crippen molar-refractivity contribution in [3.63, 3.8) is 0 Å². The highest BCUT2D eigenvalue weighted by molar-refractivity contribution is 6.31. The van der Waals surface area contributed by atoms with Crippen LogP contribution in [0.3, 0.4) is 0 Å². The molecule has 2 fully saturated rings. The van der Waals surface area contributed by atoms with Crippen molar-refractivity contribution in [2.45, 2.75) is 44.2 Å². The molecule has 2 aliphatic rings. The molecule has 246 valence electrons. The average Bonchev–Trinajstić information content (AvgIpc) is 3.43. The summed E-state index contributed by atoms with van der Waals surface area (Å²) in [6.07, 6.45) is 2.25. The van der Waals surface area contributed by atoms with E-state index in [4.69, 9.17) is 21.4 Å². The summed E-state index contributed by atoms with van der Waals surface area (Å²) in [4.78, 5) is 32.3. The standard InChI is InChI=1S/C16H24ClN3O.C10H9F3O2.C6H13NO/c1-19(2)9-3-4-13-7-10-20(11-8-13)15-6-5-14(12-21)16(17)18-15;1-15-8-4-2-3-7(5-8)9(6-14)10(11,12)13;1-7-3-2-6(4-7)5-8/h5-6,12-13H,3-4,7-11H2,1-2H3;2-6,9H,1H3;6,8H,2-5H2,1H3. The van der Waals surface area contributed by atoms with Crippen LogP contribution in [-0.2, 0) is 4.79 Å². The number of hydrogen-bond acceptors (Lipinski definition) is 8. The molecule has 4 rings (SSSR count). The van der Waals surface area contributed by atoms with Crippen molar-refractivity contribution in [1.29, 1.82) is 0 Å². The molecule has 2 unspecified atom stereocenters. The monoisotopic (exact) mass is 642 g/mol. The molecule has 2 aliphatic heterocycles. The van der Waals surface area contributed by atoms with Gasteiger partial charge in [0.05, 0.1) is 12.7 Å². The maximum absolute atomic E-state index is 12.4. The van der Waals surface area contributed by atoms with Crippen molar-refractivity contribution in [1.82, 2.24) is 14.8 Å². The summed E-state index contributed by atoms with van der Waals surface area (Å²) in [5, 5.41) is 8.96. The molecule has 0 aliphatic carbocycles. The minimum Gasteiger partial charge on any atom is -0.497 e. The molecule has 44 heavy (non-hydrogen) atoms. The number of benzene rings is 1. The number of methoxy groups -OCH3 is 1. The molecule has 2 aromatic rings. The summed E-state index contributed by atoms with van der Waals surface area (Å²) in [7, 11) is 7.69. The summed E-state index contributed by atoms with van der Waals surface area (Å²) in [6, 6.07) is 9.02. The Morgan fingerprint density at radius 1 is 1.11 bits per heavy atom. The van der Waals surface area contributed by atoms with Crippen LogP contribution < -0.4 is 9.64 Å². The van der Waals surface area contributed by atoms with Crippen molar-refractivity contribution in [2.24, 2.45) is 11.8 Å². The maximum Gasteiger partial charge on any atom is 0.402 e. The van der Waals surface area contributed by atoms with E-state index < -0.39 is 12.1 Å². The number of likely N-dealkylation sites (tertiary alicyclic amines) is 1. The van der Waals surface area contributed by atoms with Crippen molar-refractivity contribution < 1.29 is 32.6 Å². The second-order valence-corrected chi connectivity index (χ2v) is 11.9. The van der Waals surface area contributed by atoms with Crippen molar-refractivity contribution in [3.05, 3.63) is 52.7 Å². The number of aliphatic hydroxyl groups is 1. The first-order valence-electron chi connectivity index (χ1n) is 14.9. The van der Waals surface area contributed by atoms with E-state index in [-0.39, 0.29) is 11.8 Å². The summed E-state index contributed by atoms with van der Waals surface area (Å²) in [5.41, 5.74) is 0.343. The fraction of sp³-hybridized carbons (Fsp3) is 0.594. The number of rotatable bonds is 10. The number of alkyl halides is 3. The Kier molecular flexibility index (Phi) is 16.1. The normalized spacial score (nSPS) is 18.1. The fourth-order valence-corrected chi connectivity index (χ4v) is 5.40. The first kappa shape index (κ1) is 37.5. The number of hydrogen-bond donors (Lipinski definition) is 1. The SMILES string of the molecule is CN(C)CCCC1CCN(c2ccc(C=O)c(Cl)n2)CC1.CN1CCC(CO)C1.COc1cccc(C(C=O)C(F)(F)F)c1. The zero-order valence-corrected chi connectivity index (χ0v) is 26.9. The van der Waals surface area contributed by atoms with Crippen molar-refractivity contribution in [2.75, 3.05) is 72.5 Å². The number of anilines is 1. The minimum atomic E-state index is -4.56. The lowest BCUT2D eigenvalue weighted by atomic mass is 9.92. The molecule has 0 bridgehead atoms. The third-order valence-corrected chi connectivity index (χ3v) is 8.14. The Bertz CT molecular complexity index is 1150. The van der Waals surface area contributed by atoms with E-state index in [2.05, 4.69) is 40.8 Å². The molecular weight excluding hydrogens is 597 g/mol. The average molecular weight is 643 g/mol. The fourth-order valence-electron chi connectivity index (χ4n) is 5.20. The summed E-state index contributed by atoms with van der Waals surface area (Å²) in [5.74, 6) is 0.472. The molecule has 0 radical (unpaired) electrons. The van der Waals surface area contributed by atoms with E-state index in [1.54, 1.807) is 6.07 Å². The molecule has 1 aromatic carbocycles. The van der Waals surface area contributed by atoms with E-state index in [9.17, 15) is 22.8 Å². The Labute approximate surface area is 264 Å². The first-order valence-corrected chi connectivity index (χ1v) is 15.3. The predicted molar refractivity (Wildman–Crippen MR) is 168 cm³/mol. The maximum atomic E-state index is 12.4. The molecule has 0 saturated carbocycles. The number of nitrogens with zero attached hydrogens (tertiary/aromatic N) is 4. The Balaban J connectivity index is 0.000000254. The van der Waals surface area contributed by atoms with Crippen LogP contribution >= 0.6 is 11.6 Å². The van der Waals surface area contributed by atoms with Crippen LogP contribution in [0.4, 0.5) is 19.0 Å². The highest BCUT2D eigenvalue weighted by Crippen LogP contribution is 2.34. The van der Waals surface area contributed by atoms with E-state index in [0.29, 0.717) is 29.0 Å². The van der Waals surface area contributed by atoms with Gasteiger partial charge in [-0.05, 0) is 108 Å². The van der Waals surface area contributed by atoms with Crippen LogP contribution in [-0.4, -0.2) is 106 Å². The molecular formula is C32H46ClF3N4O4. The molecule has 0 amide bonds. The largest absolute Gasteiger partial charge is 0.497 e. The number of aldehydes is 2. The van der Waals surface area contributed by atoms with Gasteiger partial charge in [-0.1, -0.05) is 23.7 Å². The highest BCUT2D eigenvalue weighted by atomic mass is 35.5. The van der Waals surface area contributed by atoms with E-state index in [0.717, 1.165) is 44.2 Å². The van der Waals surface area contributed by atoms with E-state index >= 15 is 0 Å². The second kappa shape index (κ2) is 18.9. The van der Waals surface area contributed by atoms with Gasteiger partial charge < -0.3 is 29.3 Å². The predicted octanol–water partition coefficient (Wildman–Crippen LogP) is 5.58. The van der Waals surface area contributed by atoms with Gasteiger partial charge in [-0.3, -0.25) is 4.79 Å². The van der Waals surface area contributed by atoms with Gasteiger partial charge in [0.25, 0.3) is 0 Å². The number of piperidine rings is 1. The van der Waals surface area contributed by atoms with Gasteiger partial charge in [-0.25, -0.2) is 4.98 Å². The molecule has 1 aromatic heterocycles. The first-order chi connectivity index (χ1) is 20.9. The molecule has 2 atom stereocenters. The quantitative estimate of drug-likeness (QED) is 0.266. The van der Waals surface area contributed by atoms with Gasteiger partial charge in [0.15, 0.2) is 6.29 Å². The third kappa shape index (κ3) is 12.7. The summed E-state index contributed by atoms with van der Waals surface area (Å²) >= 11 is 6.00. The summed E-state index contributed by atoms with van der Waals surface area (Å²) in [6.45, 7) is 5.82. The Morgan fingerprint density at radius 3 is 2.27 bits per heavy atom. The Hall–Kier alpha value is -2.73. The molecule has 8 nitrogen and oxygen atoms in total. The number of aromatic nitrogens is 1. The van der Waals surface area contributed by atoms with Crippen LogP contribution in [0.2, 0.25) is 5.15 Å². The van der Waals surface area contributed by atoms with Crippen molar-refractivity contribution >= 4 is 30.0 Å². The molecule has 12 heteroatoms. The van der Waals surface area contributed by atoms with Gasteiger partial charge in [0.1, 0.15) is 28.9 Å². The van der Waals surface area contributed by atoms with Gasteiger partial charge in [-0.2, -0.15) is 13.2 Å². The van der Waals surface area contributed by atoms with E-state index in [1.165, 1.54) is 70.0 Å². The van der Waals surface area contributed by atoms with Crippen LogP contribution in [0.25, 0.3) is 0 Å². The molecule has 1 N–H and O–H groups in total. The van der Waals surface area contributed by atoms with Crippen LogP contribution in [0.15, 0.2) is 36.4 Å². The number of aliphatic hydroxyl groups excluding tert-OH is 1. The lowest BCUT2D eigenvalue weighted by Crippen LogP contribution is -2.34. The Morgan fingerprint density at radius 2 is 1.80 bits per heavy atom. The molecule has 3 heterocycles. The summed E-state index contributed by atoms with van der Waals surface area (Å²) < 4.78 is 41.9. The smallest absolute Gasteiger partial charge is 0.402 e. The van der Waals surface area contributed by atoms with Crippen molar-refractivity contribution in [3.8, 4) is 5.75 Å². The van der Waals surface area contributed by atoms with Crippen LogP contribution in [0.5, 0.6) is 5.75 Å². The highest BCUT2D eigenvalue weighted by Gasteiger charge is 2.40. The van der Waals surface area contributed by atoms with Gasteiger partial charge >= 0.3 is 6.18 Å². The van der Waals surface area contributed by atoms with Gasteiger partial charge in [0, 0.05) is 26.2 Å². The van der Waals surface area contributed by atoms with Gasteiger partial charge in [0.2, 0.25) is 0 Å². The topological polar surface area (TPSA) is 86.2 Å². The van der Waals surface area contributed by atoms with Crippen LogP contribution in [0, 0.1) is 11.8 Å². The number of pyridine rings is 1. The number of carbonyl (C=O) groups is 2. The zero-order chi connectivity index (χ0) is 32.7. The number of halogens is 4. The van der Waals surface area contributed by atoms with Crippen LogP contribution in [0.1, 0.15) is 53.9 Å². The number of carbonyl (C=O) groups excluding carboxylic acids is 2. The third-order valence-electron chi connectivity index (χ3n) is 7.83. The lowest BCUT2D eigenvalue weighted by Gasteiger charge is -2.33. The number of ether oxygens (including phenoxy) is 1. The zero-order valence-electron chi connectivity index (χ0n) is 26.1. The van der Waals surface area contributed by atoms with E-state index in [1.807, 2.05) is 6.07 Å². The molecule has 2 saturated heterocycles. The lowest BCUT2D eigenvalue weighted by molar-refractivity contribution is -0.155.